The molecule has 1 atom stereocenters. The number of esters is 1. The predicted octanol–water partition coefficient (Wildman–Crippen LogP) is 1.67. The number of ether oxygens (including phenoxy) is 1. The average Bonchev–Trinajstić information content (AvgIpc) is 2.27. The van der Waals surface area contributed by atoms with Crippen LogP contribution >= 0.6 is 11.8 Å². The van der Waals surface area contributed by atoms with Gasteiger partial charge in [0.15, 0.2) is 0 Å². The third-order valence-electron chi connectivity index (χ3n) is 2.73. The lowest BCUT2D eigenvalue weighted by Crippen LogP contribution is -2.43. The third-order valence-corrected chi connectivity index (χ3v) is 3.95. The zero-order chi connectivity index (χ0) is 11.3. The van der Waals surface area contributed by atoms with Crippen molar-refractivity contribution in [1.29, 1.82) is 0 Å². The normalized spacial score (nSPS) is 22.5. The summed E-state index contributed by atoms with van der Waals surface area (Å²) in [6, 6.07) is 0.563. The minimum Gasteiger partial charge on any atom is -0.469 e. The van der Waals surface area contributed by atoms with Gasteiger partial charge in [0.2, 0.25) is 0 Å². The molecular weight excluding hydrogens is 210 g/mol. The van der Waals surface area contributed by atoms with Crippen LogP contribution in [-0.4, -0.2) is 37.2 Å². The van der Waals surface area contributed by atoms with E-state index in [-0.39, 0.29) is 5.97 Å². The molecule has 88 valence electrons. The summed E-state index contributed by atoms with van der Waals surface area (Å²) in [6.07, 6.45) is 2.51. The topological polar surface area (TPSA) is 38.3 Å². The molecule has 0 aromatic heterocycles. The molecule has 0 saturated carbocycles. The molecule has 15 heavy (non-hydrogen) atoms. The Morgan fingerprint density at radius 1 is 1.60 bits per heavy atom. The Labute approximate surface area is 96.3 Å². The summed E-state index contributed by atoms with van der Waals surface area (Å²) in [6.45, 7) is 4.54. The first-order valence-corrected chi connectivity index (χ1v) is 6.61. The van der Waals surface area contributed by atoms with E-state index < -0.39 is 5.41 Å². The van der Waals surface area contributed by atoms with Crippen molar-refractivity contribution in [3.8, 4) is 0 Å². The first-order chi connectivity index (χ1) is 7.06. The largest absolute Gasteiger partial charge is 0.469 e. The van der Waals surface area contributed by atoms with Crippen LogP contribution < -0.4 is 5.32 Å². The van der Waals surface area contributed by atoms with Gasteiger partial charge in [0.1, 0.15) is 0 Å². The number of hydrogen-bond donors (Lipinski definition) is 1. The lowest BCUT2D eigenvalue weighted by atomic mass is 9.93. The van der Waals surface area contributed by atoms with Crippen molar-refractivity contribution in [2.75, 3.05) is 25.2 Å². The summed E-state index contributed by atoms with van der Waals surface area (Å²) in [7, 11) is 1.44. The van der Waals surface area contributed by atoms with E-state index in [1.165, 1.54) is 25.7 Å². The fourth-order valence-electron chi connectivity index (χ4n) is 1.65. The maximum Gasteiger partial charge on any atom is 0.312 e. The molecule has 1 unspecified atom stereocenters. The Bertz CT molecular complexity index is 213. The molecule has 0 aliphatic carbocycles. The fraction of sp³-hybridized carbons (Fsp3) is 0.909. The summed E-state index contributed by atoms with van der Waals surface area (Å²) >= 11 is 1.99. The van der Waals surface area contributed by atoms with Gasteiger partial charge in [-0.2, -0.15) is 11.8 Å². The van der Waals surface area contributed by atoms with Gasteiger partial charge in [-0.05, 0) is 32.4 Å². The second-order valence-corrected chi connectivity index (χ2v) is 5.82. The molecular formula is C11H21NO2S. The Morgan fingerprint density at radius 2 is 2.33 bits per heavy atom. The molecule has 1 N–H and O–H groups in total. The van der Waals surface area contributed by atoms with Gasteiger partial charge in [0, 0.05) is 18.3 Å². The highest BCUT2D eigenvalue weighted by molar-refractivity contribution is 7.99. The van der Waals surface area contributed by atoms with Crippen molar-refractivity contribution in [3.05, 3.63) is 0 Å². The average molecular weight is 231 g/mol. The van der Waals surface area contributed by atoms with Gasteiger partial charge in [-0.3, -0.25) is 4.79 Å². The van der Waals surface area contributed by atoms with Crippen LogP contribution in [0.25, 0.3) is 0 Å². The highest BCUT2D eigenvalue weighted by Crippen LogP contribution is 2.20. The third kappa shape index (κ3) is 4.03. The molecule has 0 aromatic rings. The van der Waals surface area contributed by atoms with E-state index >= 15 is 0 Å². The summed E-state index contributed by atoms with van der Waals surface area (Å²) in [5.74, 6) is 2.30. The van der Waals surface area contributed by atoms with Gasteiger partial charge in [0.25, 0.3) is 0 Å². The lowest BCUT2D eigenvalue weighted by molar-refractivity contribution is -0.150. The molecule has 0 spiro atoms. The van der Waals surface area contributed by atoms with Crippen LogP contribution in [-0.2, 0) is 9.53 Å². The van der Waals surface area contributed by atoms with Crippen LogP contribution in [0.3, 0.4) is 0 Å². The zero-order valence-corrected chi connectivity index (χ0v) is 10.7. The summed E-state index contributed by atoms with van der Waals surface area (Å²) in [4.78, 5) is 11.4. The van der Waals surface area contributed by atoms with Gasteiger partial charge < -0.3 is 10.1 Å². The Kier molecular flexibility index (Phi) is 4.93. The standard InChI is InChI=1S/C11H21NO2S/c1-11(2,10(13)14-3)8-12-9-5-4-6-15-7-9/h9,12H,4-8H2,1-3H3. The molecule has 3 nitrogen and oxygen atoms in total. The van der Waals surface area contributed by atoms with E-state index in [1.54, 1.807) is 0 Å². The van der Waals surface area contributed by atoms with Crippen LogP contribution in [0, 0.1) is 5.41 Å². The van der Waals surface area contributed by atoms with E-state index in [2.05, 4.69) is 5.32 Å². The summed E-state index contributed by atoms with van der Waals surface area (Å²) in [5, 5.41) is 3.46. The maximum atomic E-state index is 11.4. The molecule has 1 heterocycles. The quantitative estimate of drug-likeness (QED) is 0.747. The fourth-order valence-corrected chi connectivity index (χ4v) is 2.76. The van der Waals surface area contributed by atoms with Crippen molar-refractivity contribution in [1.82, 2.24) is 5.32 Å². The number of hydrogen-bond acceptors (Lipinski definition) is 4. The first kappa shape index (κ1) is 12.8. The Morgan fingerprint density at radius 3 is 2.87 bits per heavy atom. The van der Waals surface area contributed by atoms with E-state index in [9.17, 15) is 4.79 Å². The molecule has 1 fully saturated rings. The SMILES string of the molecule is COC(=O)C(C)(C)CNC1CCCSC1. The van der Waals surface area contributed by atoms with E-state index in [0.29, 0.717) is 12.6 Å². The number of methoxy groups -OCH3 is 1. The number of thioether (sulfide) groups is 1. The maximum absolute atomic E-state index is 11.4. The smallest absolute Gasteiger partial charge is 0.312 e. The van der Waals surface area contributed by atoms with Crippen molar-refractivity contribution < 1.29 is 9.53 Å². The molecule has 0 amide bonds. The van der Waals surface area contributed by atoms with Crippen molar-refractivity contribution >= 4 is 17.7 Å². The van der Waals surface area contributed by atoms with Gasteiger partial charge >= 0.3 is 5.97 Å². The van der Waals surface area contributed by atoms with E-state index in [0.717, 1.165) is 5.75 Å². The van der Waals surface area contributed by atoms with Crippen molar-refractivity contribution in [3.63, 3.8) is 0 Å². The zero-order valence-electron chi connectivity index (χ0n) is 9.84. The molecule has 1 aliphatic heterocycles. The highest BCUT2D eigenvalue weighted by atomic mass is 32.2. The summed E-state index contributed by atoms with van der Waals surface area (Å²) in [5.41, 5.74) is -0.420. The minimum absolute atomic E-state index is 0.140. The molecule has 0 bridgehead atoms. The summed E-state index contributed by atoms with van der Waals surface area (Å²) < 4.78 is 4.77. The van der Waals surface area contributed by atoms with Crippen molar-refractivity contribution in [2.24, 2.45) is 5.41 Å². The Hall–Kier alpha value is -0.220. The molecule has 1 aliphatic rings. The van der Waals surface area contributed by atoms with Crippen LogP contribution in [0.1, 0.15) is 26.7 Å². The van der Waals surface area contributed by atoms with Crippen molar-refractivity contribution in [2.45, 2.75) is 32.7 Å². The van der Waals surface area contributed by atoms with E-state index in [4.69, 9.17) is 4.74 Å². The minimum atomic E-state index is -0.420. The Balaban J connectivity index is 2.31. The van der Waals surface area contributed by atoms with Crippen LogP contribution in [0.15, 0.2) is 0 Å². The molecule has 1 saturated heterocycles. The number of rotatable bonds is 4. The monoisotopic (exact) mass is 231 g/mol. The second kappa shape index (κ2) is 5.75. The molecule has 1 rings (SSSR count). The van der Waals surface area contributed by atoms with Gasteiger partial charge in [-0.15, -0.1) is 0 Å². The molecule has 0 aromatic carbocycles. The number of carbonyl (C=O) groups is 1. The lowest BCUT2D eigenvalue weighted by Gasteiger charge is -2.28. The molecule has 0 radical (unpaired) electrons. The first-order valence-electron chi connectivity index (χ1n) is 5.46. The predicted molar refractivity (Wildman–Crippen MR) is 64.1 cm³/mol. The van der Waals surface area contributed by atoms with Gasteiger partial charge in [0.05, 0.1) is 12.5 Å². The molecule has 4 heteroatoms. The second-order valence-electron chi connectivity index (χ2n) is 4.67. The van der Waals surface area contributed by atoms with Crippen LogP contribution in [0.5, 0.6) is 0 Å². The van der Waals surface area contributed by atoms with Gasteiger partial charge in [-0.1, -0.05) is 0 Å². The van der Waals surface area contributed by atoms with E-state index in [1.807, 2.05) is 25.6 Å². The highest BCUT2D eigenvalue weighted by Gasteiger charge is 2.29. The van der Waals surface area contributed by atoms with Crippen LogP contribution in [0.2, 0.25) is 0 Å². The van der Waals surface area contributed by atoms with Gasteiger partial charge in [-0.25, -0.2) is 0 Å². The number of nitrogens with one attached hydrogen (secondary N) is 1. The number of carbonyl (C=O) groups excluding carboxylic acids is 1. The van der Waals surface area contributed by atoms with Crippen LogP contribution in [0.4, 0.5) is 0 Å².